The molecule has 2 N–H and O–H groups in total. The second-order valence-corrected chi connectivity index (χ2v) is 6.41. The zero-order valence-corrected chi connectivity index (χ0v) is 14.0. The Balaban J connectivity index is 1.47. The van der Waals surface area contributed by atoms with Gasteiger partial charge in [-0.05, 0) is 25.5 Å². The molecule has 1 aromatic carbocycles. The number of aryl methyl sites for hydroxylation is 1. The molecule has 0 aliphatic carbocycles. The van der Waals surface area contributed by atoms with Crippen LogP contribution in [-0.2, 0) is 17.8 Å². The molecule has 1 aliphatic rings. The molecule has 1 aliphatic heterocycles. The minimum atomic E-state index is -0.300. The standard InChI is InChI=1S/C18H22FN3O3/c19-16-6-2-1-4-13(16)11-22-9-3-5-14(12-22)20-17(23)8-7-15-10-18(24)21-25-15/h1-2,4,6,10,14H,3,5,7-9,11-12H2,(H,20,23)(H,21,24)/t14-/m0/s1. The van der Waals surface area contributed by atoms with Gasteiger partial charge in [0.1, 0.15) is 11.6 Å². The summed E-state index contributed by atoms with van der Waals surface area (Å²) in [7, 11) is 0. The smallest absolute Gasteiger partial charge is 0.280 e. The Labute approximate surface area is 145 Å². The van der Waals surface area contributed by atoms with E-state index in [9.17, 15) is 14.0 Å². The third kappa shape index (κ3) is 5.03. The van der Waals surface area contributed by atoms with Gasteiger partial charge in [-0.15, -0.1) is 0 Å². The molecule has 1 fully saturated rings. The zero-order valence-electron chi connectivity index (χ0n) is 14.0. The third-order valence-corrected chi connectivity index (χ3v) is 4.40. The maximum Gasteiger partial charge on any atom is 0.280 e. The molecule has 0 saturated carbocycles. The van der Waals surface area contributed by atoms with Gasteiger partial charge in [-0.3, -0.25) is 14.5 Å². The van der Waals surface area contributed by atoms with Crippen LogP contribution in [0.2, 0.25) is 0 Å². The van der Waals surface area contributed by atoms with Gasteiger partial charge in [0.15, 0.2) is 0 Å². The van der Waals surface area contributed by atoms with Crippen LogP contribution in [0.4, 0.5) is 4.39 Å². The third-order valence-electron chi connectivity index (χ3n) is 4.40. The normalized spacial score (nSPS) is 18.2. The van der Waals surface area contributed by atoms with Crippen LogP contribution in [0.25, 0.3) is 0 Å². The molecule has 1 saturated heterocycles. The predicted octanol–water partition coefficient (Wildman–Crippen LogP) is 1.82. The number of benzene rings is 1. The molecule has 3 rings (SSSR count). The van der Waals surface area contributed by atoms with Crippen LogP contribution in [-0.4, -0.2) is 35.1 Å². The lowest BCUT2D eigenvalue weighted by atomic mass is 10.0. The molecule has 0 bridgehead atoms. The largest absolute Gasteiger partial charge is 0.384 e. The summed E-state index contributed by atoms with van der Waals surface area (Å²) in [6.07, 6.45) is 2.53. The molecule has 1 amide bonds. The number of nitrogens with one attached hydrogen (secondary N) is 2. The van der Waals surface area contributed by atoms with E-state index >= 15 is 0 Å². The molecule has 1 aromatic heterocycles. The number of hydrogen-bond donors (Lipinski definition) is 2. The highest BCUT2D eigenvalue weighted by molar-refractivity contribution is 5.76. The SMILES string of the molecule is O=C(CCc1cc(=O)[nH]o1)N[C@H]1CCCN(Cc2ccccc2F)C1. The van der Waals surface area contributed by atoms with E-state index in [0.29, 0.717) is 30.8 Å². The molecule has 2 aromatic rings. The summed E-state index contributed by atoms with van der Waals surface area (Å²) in [4.78, 5) is 25.2. The highest BCUT2D eigenvalue weighted by Gasteiger charge is 2.22. The molecule has 7 heteroatoms. The van der Waals surface area contributed by atoms with Gasteiger partial charge in [-0.25, -0.2) is 4.39 Å². The highest BCUT2D eigenvalue weighted by atomic mass is 19.1. The molecule has 6 nitrogen and oxygen atoms in total. The van der Waals surface area contributed by atoms with Crippen molar-refractivity contribution in [2.45, 2.75) is 38.3 Å². The summed E-state index contributed by atoms with van der Waals surface area (Å²) in [5.74, 6) is 0.216. The van der Waals surface area contributed by atoms with Crippen LogP contribution in [0.15, 0.2) is 39.6 Å². The van der Waals surface area contributed by atoms with Crippen molar-refractivity contribution in [3.63, 3.8) is 0 Å². The van der Waals surface area contributed by atoms with E-state index in [-0.39, 0.29) is 29.7 Å². The summed E-state index contributed by atoms with van der Waals surface area (Å²) < 4.78 is 18.7. The van der Waals surface area contributed by atoms with Crippen LogP contribution in [0.1, 0.15) is 30.6 Å². The van der Waals surface area contributed by atoms with Gasteiger partial charge in [-0.1, -0.05) is 18.2 Å². The van der Waals surface area contributed by atoms with E-state index in [4.69, 9.17) is 4.52 Å². The minimum Gasteiger partial charge on any atom is -0.384 e. The molecule has 25 heavy (non-hydrogen) atoms. The summed E-state index contributed by atoms with van der Waals surface area (Å²) in [5.41, 5.74) is 0.378. The fourth-order valence-electron chi connectivity index (χ4n) is 3.17. The summed E-state index contributed by atoms with van der Waals surface area (Å²) in [6.45, 7) is 2.15. The molecule has 0 radical (unpaired) electrons. The van der Waals surface area contributed by atoms with Gasteiger partial charge in [0.05, 0.1) is 0 Å². The lowest BCUT2D eigenvalue weighted by molar-refractivity contribution is -0.122. The Bertz CT molecular complexity index is 771. The number of hydrogen-bond acceptors (Lipinski definition) is 4. The quantitative estimate of drug-likeness (QED) is 0.836. The van der Waals surface area contributed by atoms with Crippen LogP contribution in [0.3, 0.4) is 0 Å². The van der Waals surface area contributed by atoms with Gasteiger partial charge in [0.25, 0.3) is 5.56 Å². The molecule has 0 unspecified atom stereocenters. The van der Waals surface area contributed by atoms with Crippen molar-refractivity contribution in [1.29, 1.82) is 0 Å². The van der Waals surface area contributed by atoms with E-state index in [1.54, 1.807) is 12.1 Å². The maximum absolute atomic E-state index is 13.8. The first-order chi connectivity index (χ1) is 12.1. The first kappa shape index (κ1) is 17.4. The number of carbonyl (C=O) groups is 1. The van der Waals surface area contributed by atoms with Gasteiger partial charge >= 0.3 is 0 Å². The summed E-state index contributed by atoms with van der Waals surface area (Å²) in [5, 5.41) is 5.23. The van der Waals surface area contributed by atoms with Crippen LogP contribution >= 0.6 is 0 Å². The van der Waals surface area contributed by atoms with E-state index in [2.05, 4.69) is 15.4 Å². The number of likely N-dealkylation sites (tertiary alicyclic amines) is 1. The highest BCUT2D eigenvalue weighted by Crippen LogP contribution is 2.16. The fourth-order valence-corrected chi connectivity index (χ4v) is 3.17. The number of piperidine rings is 1. The minimum absolute atomic E-state index is 0.0613. The van der Waals surface area contributed by atoms with Crippen molar-refractivity contribution in [2.24, 2.45) is 0 Å². The van der Waals surface area contributed by atoms with Gasteiger partial charge in [-0.2, -0.15) is 5.16 Å². The number of H-pyrrole nitrogens is 1. The number of aromatic amines is 1. The molecular formula is C18H22FN3O3. The Morgan fingerprint density at radius 2 is 2.24 bits per heavy atom. The molecule has 0 spiro atoms. The number of rotatable bonds is 6. The van der Waals surface area contributed by atoms with Crippen molar-refractivity contribution in [2.75, 3.05) is 13.1 Å². The first-order valence-corrected chi connectivity index (χ1v) is 8.52. The van der Waals surface area contributed by atoms with Crippen molar-refractivity contribution >= 4 is 5.91 Å². The van der Waals surface area contributed by atoms with Crippen molar-refractivity contribution < 1.29 is 13.7 Å². The Morgan fingerprint density at radius 1 is 1.40 bits per heavy atom. The van der Waals surface area contributed by atoms with Gasteiger partial charge in [0, 0.05) is 43.6 Å². The molecule has 1 atom stereocenters. The Kier molecular flexibility index (Phi) is 5.65. The second kappa shape index (κ2) is 8.11. The Hall–Kier alpha value is -2.41. The van der Waals surface area contributed by atoms with Crippen LogP contribution in [0, 0.1) is 5.82 Å². The first-order valence-electron chi connectivity index (χ1n) is 8.52. The monoisotopic (exact) mass is 347 g/mol. The van der Waals surface area contributed by atoms with E-state index in [0.717, 1.165) is 19.4 Å². The van der Waals surface area contributed by atoms with Crippen molar-refractivity contribution in [3.8, 4) is 0 Å². The number of amides is 1. The van der Waals surface area contributed by atoms with E-state index in [1.807, 2.05) is 6.07 Å². The topological polar surface area (TPSA) is 78.3 Å². The molecular weight excluding hydrogens is 325 g/mol. The number of nitrogens with zero attached hydrogens (tertiary/aromatic N) is 1. The van der Waals surface area contributed by atoms with Crippen LogP contribution < -0.4 is 10.9 Å². The molecule has 2 heterocycles. The summed E-state index contributed by atoms with van der Waals surface area (Å²) in [6, 6.07) is 8.20. The average molecular weight is 347 g/mol. The number of aromatic nitrogens is 1. The number of carbonyl (C=O) groups excluding carboxylic acids is 1. The van der Waals surface area contributed by atoms with E-state index in [1.165, 1.54) is 12.1 Å². The van der Waals surface area contributed by atoms with E-state index < -0.39 is 0 Å². The summed E-state index contributed by atoms with van der Waals surface area (Å²) >= 11 is 0. The lowest BCUT2D eigenvalue weighted by Crippen LogP contribution is -2.47. The van der Waals surface area contributed by atoms with Crippen molar-refractivity contribution in [3.05, 3.63) is 57.8 Å². The Morgan fingerprint density at radius 3 is 3.00 bits per heavy atom. The fraction of sp³-hybridized carbons (Fsp3) is 0.444. The average Bonchev–Trinajstić information content (AvgIpc) is 3.01. The van der Waals surface area contributed by atoms with Gasteiger partial charge in [0.2, 0.25) is 5.91 Å². The second-order valence-electron chi connectivity index (χ2n) is 6.41. The predicted molar refractivity (Wildman–Crippen MR) is 90.5 cm³/mol. The maximum atomic E-state index is 13.8. The van der Waals surface area contributed by atoms with Crippen LogP contribution in [0.5, 0.6) is 0 Å². The number of halogens is 1. The van der Waals surface area contributed by atoms with Gasteiger partial charge < -0.3 is 9.84 Å². The van der Waals surface area contributed by atoms with Crippen molar-refractivity contribution in [1.82, 2.24) is 15.4 Å². The zero-order chi connectivity index (χ0) is 17.6. The molecule has 134 valence electrons. The lowest BCUT2D eigenvalue weighted by Gasteiger charge is -2.33.